The molecule has 1 amide bonds. The highest BCUT2D eigenvalue weighted by Crippen LogP contribution is 2.20. The van der Waals surface area contributed by atoms with Gasteiger partial charge in [-0.2, -0.15) is 0 Å². The molecule has 1 aliphatic heterocycles. The molecule has 4 nitrogen and oxygen atoms in total. The number of benzene rings is 2. The largest absolute Gasteiger partial charge is 0.360 e. The van der Waals surface area contributed by atoms with Gasteiger partial charge in [-0.05, 0) is 48.9 Å². The Hall–Kier alpha value is -1.92. The molecule has 2 N–H and O–H groups in total. The second kappa shape index (κ2) is 7.97. The normalized spacial score (nSPS) is 15.2. The lowest BCUT2D eigenvalue weighted by atomic mass is 10.2. The lowest BCUT2D eigenvalue weighted by molar-refractivity contribution is -0.892. The molecule has 6 heteroatoms. The number of aryl methyl sites for hydroxylation is 1. The Kier molecular flexibility index (Phi) is 5.71. The first-order valence-electron chi connectivity index (χ1n) is 8.41. The van der Waals surface area contributed by atoms with Gasteiger partial charge in [0.25, 0.3) is 5.91 Å². The van der Waals surface area contributed by atoms with Gasteiger partial charge in [0, 0.05) is 15.8 Å². The number of halogens is 2. The molecule has 2 aromatic rings. The third kappa shape index (κ3) is 4.80. The Bertz CT molecular complexity index is 743. The molecule has 132 valence electrons. The number of piperazine rings is 1. The molecule has 0 aliphatic carbocycles. The maximum atomic E-state index is 13.0. The molecule has 1 heterocycles. The van der Waals surface area contributed by atoms with Crippen molar-refractivity contribution in [1.29, 1.82) is 0 Å². The summed E-state index contributed by atoms with van der Waals surface area (Å²) >= 11 is 3.48. The van der Waals surface area contributed by atoms with Crippen LogP contribution in [0.25, 0.3) is 0 Å². The first kappa shape index (κ1) is 17.9. The molecule has 1 aliphatic rings. The summed E-state index contributed by atoms with van der Waals surface area (Å²) in [6.45, 7) is 5.99. The van der Waals surface area contributed by atoms with E-state index in [4.69, 9.17) is 0 Å². The summed E-state index contributed by atoms with van der Waals surface area (Å²) in [4.78, 5) is 15.8. The summed E-state index contributed by atoms with van der Waals surface area (Å²) in [5.74, 6) is -0.187. The quantitative estimate of drug-likeness (QED) is 0.816. The monoisotopic (exact) mass is 406 g/mol. The lowest BCUT2D eigenvalue weighted by Crippen LogP contribution is -3.15. The van der Waals surface area contributed by atoms with Crippen LogP contribution in [0, 0.1) is 12.7 Å². The maximum Gasteiger partial charge on any atom is 0.279 e. The van der Waals surface area contributed by atoms with E-state index >= 15 is 0 Å². The highest BCUT2D eigenvalue weighted by molar-refractivity contribution is 9.10. The predicted molar refractivity (Wildman–Crippen MR) is 102 cm³/mol. The Balaban J connectivity index is 1.49. The number of nitrogens with one attached hydrogen (secondary N) is 2. The Morgan fingerprint density at radius 2 is 1.88 bits per heavy atom. The number of hydrogen-bond donors (Lipinski definition) is 2. The molecule has 1 saturated heterocycles. The van der Waals surface area contributed by atoms with Gasteiger partial charge in [-0.3, -0.25) is 4.79 Å². The molecule has 0 aromatic heterocycles. The zero-order chi connectivity index (χ0) is 17.8. The van der Waals surface area contributed by atoms with E-state index in [0.717, 1.165) is 47.6 Å². The molecule has 0 bridgehead atoms. The molecule has 25 heavy (non-hydrogen) atoms. The Morgan fingerprint density at radius 3 is 2.52 bits per heavy atom. The van der Waals surface area contributed by atoms with Gasteiger partial charge in [0.2, 0.25) is 0 Å². The Morgan fingerprint density at radius 1 is 1.20 bits per heavy atom. The molecule has 0 atom stereocenters. The van der Waals surface area contributed by atoms with E-state index in [-0.39, 0.29) is 11.7 Å². The molecule has 2 aromatic carbocycles. The number of rotatable bonds is 4. The van der Waals surface area contributed by atoms with Crippen molar-refractivity contribution in [3.8, 4) is 0 Å². The minimum Gasteiger partial charge on any atom is -0.360 e. The summed E-state index contributed by atoms with van der Waals surface area (Å²) in [5.41, 5.74) is 2.99. The van der Waals surface area contributed by atoms with Crippen molar-refractivity contribution in [3.63, 3.8) is 0 Å². The van der Waals surface area contributed by atoms with Gasteiger partial charge in [0.15, 0.2) is 6.54 Å². The number of anilines is 2. The number of amides is 1. The van der Waals surface area contributed by atoms with Gasteiger partial charge < -0.3 is 15.1 Å². The number of carbonyl (C=O) groups is 1. The summed E-state index contributed by atoms with van der Waals surface area (Å²) in [6, 6.07) is 12.4. The van der Waals surface area contributed by atoms with Crippen LogP contribution < -0.4 is 15.1 Å². The van der Waals surface area contributed by atoms with E-state index in [1.807, 2.05) is 37.3 Å². The fourth-order valence-corrected chi connectivity index (χ4v) is 3.39. The van der Waals surface area contributed by atoms with Gasteiger partial charge in [-0.15, -0.1) is 0 Å². The van der Waals surface area contributed by atoms with E-state index in [0.29, 0.717) is 6.54 Å². The van der Waals surface area contributed by atoms with Crippen LogP contribution in [0.1, 0.15) is 5.56 Å². The van der Waals surface area contributed by atoms with Crippen LogP contribution in [0.2, 0.25) is 0 Å². The molecule has 0 saturated carbocycles. The fraction of sp³-hybridized carbons (Fsp3) is 0.316. The Labute approximate surface area is 155 Å². The summed E-state index contributed by atoms with van der Waals surface area (Å²) in [5, 5.41) is 2.96. The second-order valence-electron chi connectivity index (χ2n) is 6.40. The number of nitrogens with zero attached hydrogens (tertiary/aromatic N) is 1. The summed E-state index contributed by atoms with van der Waals surface area (Å²) < 4.78 is 14.0. The maximum absolute atomic E-state index is 13.0. The van der Waals surface area contributed by atoms with Crippen LogP contribution in [0.15, 0.2) is 46.9 Å². The highest BCUT2D eigenvalue weighted by atomic mass is 79.9. The summed E-state index contributed by atoms with van der Waals surface area (Å²) in [6.07, 6.45) is 0. The van der Waals surface area contributed by atoms with Gasteiger partial charge in [0.05, 0.1) is 26.2 Å². The summed E-state index contributed by atoms with van der Waals surface area (Å²) in [7, 11) is 0. The molecule has 0 radical (unpaired) electrons. The topological polar surface area (TPSA) is 36.8 Å². The lowest BCUT2D eigenvalue weighted by Gasteiger charge is -2.33. The number of hydrogen-bond acceptors (Lipinski definition) is 2. The molecular weight excluding hydrogens is 385 g/mol. The van der Waals surface area contributed by atoms with Crippen molar-refractivity contribution >= 4 is 33.2 Å². The van der Waals surface area contributed by atoms with Crippen molar-refractivity contribution in [1.82, 2.24) is 0 Å². The van der Waals surface area contributed by atoms with Crippen molar-refractivity contribution in [2.45, 2.75) is 6.92 Å². The van der Waals surface area contributed by atoms with E-state index in [2.05, 4.69) is 26.1 Å². The van der Waals surface area contributed by atoms with Gasteiger partial charge in [-0.25, -0.2) is 4.39 Å². The fourth-order valence-electron chi connectivity index (χ4n) is 3.01. The second-order valence-corrected chi connectivity index (χ2v) is 7.26. The van der Waals surface area contributed by atoms with Crippen molar-refractivity contribution < 1.29 is 14.1 Å². The third-order valence-corrected chi connectivity index (χ3v) is 5.38. The van der Waals surface area contributed by atoms with Crippen LogP contribution in [0.4, 0.5) is 15.8 Å². The number of quaternary nitrogens is 1. The zero-order valence-electron chi connectivity index (χ0n) is 14.2. The minimum absolute atomic E-state index is 0.0287. The van der Waals surface area contributed by atoms with E-state index in [1.165, 1.54) is 17.0 Å². The van der Waals surface area contributed by atoms with Crippen LogP contribution in [0.5, 0.6) is 0 Å². The van der Waals surface area contributed by atoms with E-state index in [9.17, 15) is 9.18 Å². The smallest absolute Gasteiger partial charge is 0.279 e. The molecule has 0 spiro atoms. The van der Waals surface area contributed by atoms with Crippen LogP contribution in [0.3, 0.4) is 0 Å². The van der Waals surface area contributed by atoms with Gasteiger partial charge >= 0.3 is 0 Å². The third-order valence-electron chi connectivity index (χ3n) is 4.53. The van der Waals surface area contributed by atoms with Crippen LogP contribution >= 0.6 is 15.9 Å². The predicted octanol–water partition coefficient (Wildman–Crippen LogP) is 2.24. The average molecular weight is 407 g/mol. The molecule has 1 fully saturated rings. The van der Waals surface area contributed by atoms with E-state index < -0.39 is 0 Å². The van der Waals surface area contributed by atoms with Crippen molar-refractivity contribution in [2.75, 3.05) is 42.9 Å². The highest BCUT2D eigenvalue weighted by Gasteiger charge is 2.22. The standard InChI is InChI=1S/C19H21BrFN3O/c1-14-2-5-16(12-18(14)20)22-19(25)13-23-8-10-24(11-9-23)17-6-3-15(21)4-7-17/h2-7,12H,8-11,13H2,1H3,(H,22,25)/p+1. The average Bonchev–Trinajstić information content (AvgIpc) is 2.60. The SMILES string of the molecule is Cc1ccc(NC(=O)C[NH+]2CCN(c3ccc(F)cc3)CC2)cc1Br. The molecule has 0 unspecified atom stereocenters. The van der Waals surface area contributed by atoms with Crippen LogP contribution in [-0.2, 0) is 4.79 Å². The van der Waals surface area contributed by atoms with Gasteiger partial charge in [0.1, 0.15) is 5.82 Å². The van der Waals surface area contributed by atoms with Crippen molar-refractivity contribution in [3.05, 3.63) is 58.3 Å². The van der Waals surface area contributed by atoms with E-state index in [1.54, 1.807) is 0 Å². The van der Waals surface area contributed by atoms with Crippen molar-refractivity contribution in [2.24, 2.45) is 0 Å². The minimum atomic E-state index is -0.215. The zero-order valence-corrected chi connectivity index (χ0v) is 15.8. The first-order chi connectivity index (χ1) is 12.0. The molecule has 3 rings (SSSR count). The van der Waals surface area contributed by atoms with Gasteiger partial charge in [-0.1, -0.05) is 22.0 Å². The van der Waals surface area contributed by atoms with Crippen LogP contribution in [-0.4, -0.2) is 38.6 Å². The first-order valence-corrected chi connectivity index (χ1v) is 9.20. The number of carbonyl (C=O) groups excluding carboxylic acids is 1. The molecular formula is C19H22BrFN3O+.